The Balaban J connectivity index is 1.18. The molecule has 3 aliphatic rings. The number of aromatic nitrogens is 2. The van der Waals surface area contributed by atoms with Crippen LogP contribution in [0.15, 0.2) is 30.3 Å². The quantitative estimate of drug-likeness (QED) is 0.536. The molecule has 9 nitrogen and oxygen atoms in total. The molecule has 3 amide bonds. The molecule has 9 heteroatoms. The summed E-state index contributed by atoms with van der Waals surface area (Å²) < 4.78 is 1.53. The summed E-state index contributed by atoms with van der Waals surface area (Å²) in [5.41, 5.74) is 2.33. The topological polar surface area (TPSA) is 99.6 Å². The lowest BCUT2D eigenvalue weighted by Gasteiger charge is -2.43. The first-order valence-corrected chi connectivity index (χ1v) is 13.7. The maximum Gasteiger partial charge on any atom is 0.273 e. The Morgan fingerprint density at radius 2 is 1.92 bits per heavy atom. The van der Waals surface area contributed by atoms with E-state index >= 15 is 0 Å². The van der Waals surface area contributed by atoms with E-state index in [-0.39, 0.29) is 36.0 Å². The number of hydrogen-bond donors (Lipinski definition) is 2. The van der Waals surface area contributed by atoms with Gasteiger partial charge in [0.15, 0.2) is 5.69 Å². The highest BCUT2D eigenvalue weighted by Gasteiger charge is 2.48. The Kier molecular flexibility index (Phi) is 7.33. The number of benzene rings is 1. The van der Waals surface area contributed by atoms with E-state index in [4.69, 9.17) is 0 Å². The van der Waals surface area contributed by atoms with Crippen molar-refractivity contribution in [1.29, 1.82) is 0 Å². The Labute approximate surface area is 218 Å². The van der Waals surface area contributed by atoms with E-state index in [0.29, 0.717) is 18.8 Å². The molecule has 0 spiro atoms. The molecule has 2 aromatic rings. The molecule has 1 fully saturated rings. The van der Waals surface area contributed by atoms with Crippen molar-refractivity contribution in [2.45, 2.75) is 77.0 Å². The van der Waals surface area contributed by atoms with Gasteiger partial charge >= 0.3 is 0 Å². The van der Waals surface area contributed by atoms with Gasteiger partial charge < -0.3 is 15.5 Å². The van der Waals surface area contributed by atoms with E-state index in [0.717, 1.165) is 58.2 Å². The first-order valence-electron chi connectivity index (χ1n) is 13.7. The Bertz CT molecular complexity index is 1170. The van der Waals surface area contributed by atoms with E-state index in [9.17, 15) is 14.4 Å². The lowest BCUT2D eigenvalue weighted by molar-refractivity contribution is -0.133. The number of hydrogen-bond acceptors (Lipinski definition) is 5. The van der Waals surface area contributed by atoms with Crippen molar-refractivity contribution in [3.8, 4) is 0 Å². The van der Waals surface area contributed by atoms with Crippen molar-refractivity contribution in [3.63, 3.8) is 0 Å². The minimum absolute atomic E-state index is 0.151. The van der Waals surface area contributed by atoms with Crippen molar-refractivity contribution < 1.29 is 14.4 Å². The summed E-state index contributed by atoms with van der Waals surface area (Å²) in [5, 5.41) is 10.5. The highest BCUT2D eigenvalue weighted by Crippen LogP contribution is 2.28. The first kappa shape index (κ1) is 25.4. The van der Waals surface area contributed by atoms with Crippen molar-refractivity contribution in [2.75, 3.05) is 26.2 Å². The molecule has 198 valence electrons. The number of amides is 3. The second kappa shape index (κ2) is 10.7. The minimum atomic E-state index is -1.05. The van der Waals surface area contributed by atoms with Crippen molar-refractivity contribution in [2.24, 2.45) is 0 Å². The van der Waals surface area contributed by atoms with Crippen molar-refractivity contribution >= 4 is 17.7 Å². The maximum atomic E-state index is 13.3. The molecule has 3 heterocycles. The Hall–Kier alpha value is -3.20. The lowest BCUT2D eigenvalue weighted by Crippen LogP contribution is -2.64. The smallest absolute Gasteiger partial charge is 0.273 e. The number of fused-ring (bicyclic) bond motifs is 2. The highest BCUT2D eigenvalue weighted by atomic mass is 16.2. The molecule has 1 aromatic carbocycles. The summed E-state index contributed by atoms with van der Waals surface area (Å²) in [7, 11) is 0. The zero-order valence-corrected chi connectivity index (χ0v) is 22.0. The van der Waals surface area contributed by atoms with Crippen LogP contribution in [0.5, 0.6) is 0 Å². The van der Waals surface area contributed by atoms with Crippen LogP contribution < -0.4 is 10.6 Å². The fourth-order valence-corrected chi connectivity index (χ4v) is 6.00. The highest BCUT2D eigenvalue weighted by molar-refractivity contribution is 6.01. The van der Waals surface area contributed by atoms with Crippen LogP contribution in [-0.2, 0) is 24.3 Å². The van der Waals surface area contributed by atoms with Gasteiger partial charge in [0, 0.05) is 44.8 Å². The molecular weight excluding hydrogens is 468 g/mol. The van der Waals surface area contributed by atoms with Gasteiger partial charge in [-0.3, -0.25) is 24.0 Å². The summed E-state index contributed by atoms with van der Waals surface area (Å²) in [6.45, 7) is 7.72. The van der Waals surface area contributed by atoms with E-state index in [1.54, 1.807) is 17.9 Å². The van der Waals surface area contributed by atoms with Gasteiger partial charge in [0.1, 0.15) is 11.2 Å². The number of likely N-dealkylation sites (N-methyl/N-ethyl adjacent to an activating group) is 1. The van der Waals surface area contributed by atoms with Crippen LogP contribution in [0.25, 0.3) is 0 Å². The van der Waals surface area contributed by atoms with Crippen LogP contribution in [0.2, 0.25) is 0 Å². The normalized spacial score (nSPS) is 22.0. The molecule has 0 unspecified atom stereocenters. The van der Waals surface area contributed by atoms with Gasteiger partial charge in [-0.15, -0.1) is 0 Å². The molecular formula is C28H38N6O3. The average Bonchev–Trinajstić information content (AvgIpc) is 3.57. The number of carbonyl (C=O) groups is 3. The zero-order chi connectivity index (χ0) is 26.0. The Morgan fingerprint density at radius 3 is 2.68 bits per heavy atom. The van der Waals surface area contributed by atoms with Gasteiger partial charge in [0.25, 0.3) is 11.8 Å². The molecule has 0 radical (unpaired) electrons. The number of carbonyl (C=O) groups excluding carboxylic acids is 3. The third-order valence-electron chi connectivity index (χ3n) is 8.17. The fourth-order valence-electron chi connectivity index (χ4n) is 6.00. The van der Waals surface area contributed by atoms with E-state index < -0.39 is 5.54 Å². The van der Waals surface area contributed by atoms with Gasteiger partial charge in [-0.25, -0.2) is 0 Å². The number of nitrogens with one attached hydrogen (secondary N) is 2. The summed E-state index contributed by atoms with van der Waals surface area (Å²) in [5.74, 6) is -0.712. The Morgan fingerprint density at radius 1 is 1.16 bits per heavy atom. The van der Waals surface area contributed by atoms with Gasteiger partial charge in [-0.05, 0) is 50.7 Å². The van der Waals surface area contributed by atoms with Crippen LogP contribution in [0.4, 0.5) is 0 Å². The molecule has 1 atom stereocenters. The molecule has 1 aliphatic carbocycles. The van der Waals surface area contributed by atoms with Crippen molar-refractivity contribution in [1.82, 2.24) is 30.2 Å². The van der Waals surface area contributed by atoms with E-state index in [1.165, 1.54) is 15.8 Å². The minimum Gasteiger partial charge on any atom is -0.351 e. The largest absolute Gasteiger partial charge is 0.351 e. The molecule has 2 N–H and O–H groups in total. The second-order valence-corrected chi connectivity index (χ2v) is 10.8. The zero-order valence-electron chi connectivity index (χ0n) is 22.0. The number of nitrogens with zero attached hydrogens (tertiary/aromatic N) is 4. The fraction of sp³-hybridized carbons (Fsp3) is 0.571. The van der Waals surface area contributed by atoms with Crippen LogP contribution in [0, 0.1) is 0 Å². The predicted molar refractivity (Wildman–Crippen MR) is 140 cm³/mol. The third kappa shape index (κ3) is 5.14. The van der Waals surface area contributed by atoms with Crippen LogP contribution in [0.1, 0.15) is 78.1 Å². The first-order chi connectivity index (χ1) is 17.9. The molecule has 0 saturated heterocycles. The lowest BCUT2D eigenvalue weighted by atomic mass is 9.94. The van der Waals surface area contributed by atoms with E-state index in [2.05, 4.69) is 44.9 Å². The average molecular weight is 507 g/mol. The molecule has 0 bridgehead atoms. The summed E-state index contributed by atoms with van der Waals surface area (Å²) in [6, 6.07) is 10.3. The number of rotatable bonds is 8. The standard InChI is InChI=1S/C28H38N6O3/c1-3-33-26(36)24-17-23(31-34(24)19-28(33,2)27(37)30-22-11-6-7-12-22)25(35)29-14-8-15-32-16-13-20-9-4-5-10-21(20)18-32/h4-5,9-10,17,22H,3,6-8,11-16,18-19H2,1-2H3,(H,29,35)(H,30,37)/t28-/m0/s1. The molecule has 37 heavy (non-hydrogen) atoms. The maximum absolute atomic E-state index is 13.3. The van der Waals surface area contributed by atoms with Crippen LogP contribution in [0.3, 0.4) is 0 Å². The second-order valence-electron chi connectivity index (χ2n) is 10.8. The molecule has 5 rings (SSSR count). The van der Waals surface area contributed by atoms with Gasteiger partial charge in [0.2, 0.25) is 5.91 Å². The van der Waals surface area contributed by atoms with Gasteiger partial charge in [-0.1, -0.05) is 37.1 Å². The SMILES string of the molecule is CCN1C(=O)c2cc(C(=O)NCCCN3CCc4ccccc4C3)nn2C[C@@]1(C)C(=O)NC1CCCC1. The van der Waals surface area contributed by atoms with Crippen molar-refractivity contribution in [3.05, 3.63) is 52.8 Å². The summed E-state index contributed by atoms with van der Waals surface area (Å²) in [6.07, 6.45) is 6.08. The third-order valence-corrected chi connectivity index (χ3v) is 8.17. The predicted octanol–water partition coefficient (Wildman–Crippen LogP) is 2.35. The van der Waals surface area contributed by atoms with E-state index in [1.807, 2.05) is 6.92 Å². The van der Waals surface area contributed by atoms with Crippen LogP contribution >= 0.6 is 0 Å². The van der Waals surface area contributed by atoms with Crippen LogP contribution in [-0.4, -0.2) is 75.1 Å². The summed E-state index contributed by atoms with van der Waals surface area (Å²) in [4.78, 5) is 43.5. The van der Waals surface area contributed by atoms with Gasteiger partial charge in [-0.2, -0.15) is 5.10 Å². The molecule has 2 aliphatic heterocycles. The molecule has 1 aromatic heterocycles. The monoisotopic (exact) mass is 506 g/mol. The van der Waals surface area contributed by atoms with Gasteiger partial charge in [0.05, 0.1) is 6.54 Å². The summed E-state index contributed by atoms with van der Waals surface area (Å²) >= 11 is 0. The molecule has 1 saturated carbocycles.